The van der Waals surface area contributed by atoms with Crippen LogP contribution in [-0.4, -0.2) is 40.9 Å². The number of rotatable bonds is 5. The lowest BCUT2D eigenvalue weighted by atomic mass is 10.1. The Labute approximate surface area is 188 Å². The molecule has 0 aromatic heterocycles. The molecule has 154 valence electrons. The lowest BCUT2D eigenvalue weighted by Gasteiger charge is -2.16. The Morgan fingerprint density at radius 1 is 1.30 bits per heavy atom. The minimum atomic E-state index is -0.288. The van der Waals surface area contributed by atoms with E-state index in [1.54, 1.807) is 30.2 Å². The van der Waals surface area contributed by atoms with Crippen molar-refractivity contribution in [3.8, 4) is 11.5 Å². The highest BCUT2D eigenvalue weighted by atomic mass is 35.5. The topological polar surface area (TPSA) is 67.9 Å². The maximum atomic E-state index is 11.8. The van der Waals surface area contributed by atoms with Gasteiger partial charge in [0.15, 0.2) is 0 Å². The number of nitrogens with zero attached hydrogens (tertiary/aromatic N) is 1. The zero-order valence-electron chi connectivity index (χ0n) is 15.9. The van der Waals surface area contributed by atoms with Crippen LogP contribution in [-0.2, 0) is 16.0 Å². The van der Waals surface area contributed by atoms with Crippen molar-refractivity contribution in [2.45, 2.75) is 12.5 Å². The van der Waals surface area contributed by atoms with Crippen LogP contribution >= 0.6 is 35.6 Å². The molecule has 0 saturated carbocycles. The van der Waals surface area contributed by atoms with Gasteiger partial charge in [-0.15, -0.1) is 0 Å². The van der Waals surface area contributed by atoms with Gasteiger partial charge in [-0.25, -0.2) is 4.79 Å². The van der Waals surface area contributed by atoms with Crippen LogP contribution in [0.3, 0.4) is 0 Å². The van der Waals surface area contributed by atoms with Crippen molar-refractivity contribution < 1.29 is 19.1 Å². The molecule has 2 aromatic carbocycles. The molecule has 0 radical (unpaired) electrons. The van der Waals surface area contributed by atoms with E-state index in [1.165, 1.54) is 11.8 Å². The molecule has 2 amide bonds. The number of hydrogen-bond acceptors (Lipinski definition) is 6. The molecule has 6 nitrogen and oxygen atoms in total. The number of nitrogens with one attached hydrogen (secondary N) is 1. The summed E-state index contributed by atoms with van der Waals surface area (Å²) in [6.45, 7) is 0.400. The third kappa shape index (κ3) is 4.61. The van der Waals surface area contributed by atoms with E-state index in [1.807, 2.05) is 30.3 Å². The summed E-state index contributed by atoms with van der Waals surface area (Å²) >= 11 is 12.6. The first-order chi connectivity index (χ1) is 14.4. The van der Waals surface area contributed by atoms with Gasteiger partial charge in [-0.2, -0.15) is 0 Å². The fourth-order valence-electron chi connectivity index (χ4n) is 3.08. The van der Waals surface area contributed by atoms with Gasteiger partial charge in [-0.05, 0) is 47.9 Å². The van der Waals surface area contributed by atoms with Crippen LogP contribution in [0.25, 0.3) is 6.08 Å². The normalized spacial score (nSPS) is 19.9. The second-order valence-corrected chi connectivity index (χ2v) is 8.96. The van der Waals surface area contributed by atoms with Crippen molar-refractivity contribution >= 4 is 58.0 Å². The van der Waals surface area contributed by atoms with Gasteiger partial charge in [-0.3, -0.25) is 4.79 Å². The fourth-order valence-corrected chi connectivity index (χ4v) is 4.35. The number of hydrogen-bond donors (Lipinski definition) is 1. The summed E-state index contributed by atoms with van der Waals surface area (Å²) in [4.78, 5) is 25.4. The molecule has 1 unspecified atom stereocenters. The van der Waals surface area contributed by atoms with Gasteiger partial charge in [0.25, 0.3) is 5.91 Å². The van der Waals surface area contributed by atoms with Crippen LogP contribution in [0.5, 0.6) is 11.5 Å². The minimum Gasteiger partial charge on any atom is -0.456 e. The predicted molar refractivity (Wildman–Crippen MR) is 121 cm³/mol. The molecular formula is C21H17ClN2O4S2. The summed E-state index contributed by atoms with van der Waals surface area (Å²) in [7, 11) is 1.74. The van der Waals surface area contributed by atoms with Crippen molar-refractivity contribution in [3.05, 3.63) is 63.5 Å². The quantitative estimate of drug-likeness (QED) is 0.519. The van der Waals surface area contributed by atoms with Crippen LogP contribution < -0.4 is 10.1 Å². The summed E-state index contributed by atoms with van der Waals surface area (Å²) in [5.41, 5.74) is 1.86. The summed E-state index contributed by atoms with van der Waals surface area (Å²) in [5, 5.41) is 3.01. The molecule has 1 N–H and O–H groups in total. The van der Waals surface area contributed by atoms with E-state index in [2.05, 4.69) is 5.32 Å². The van der Waals surface area contributed by atoms with E-state index < -0.39 is 0 Å². The van der Waals surface area contributed by atoms with Crippen molar-refractivity contribution in [3.63, 3.8) is 0 Å². The van der Waals surface area contributed by atoms with Gasteiger partial charge in [0.05, 0.1) is 16.0 Å². The van der Waals surface area contributed by atoms with Gasteiger partial charge in [0.2, 0.25) is 0 Å². The summed E-state index contributed by atoms with van der Waals surface area (Å²) in [5.74, 6) is 0.955. The lowest BCUT2D eigenvalue weighted by Crippen LogP contribution is -2.30. The monoisotopic (exact) mass is 460 g/mol. The first kappa shape index (κ1) is 20.7. The number of amides is 2. The molecule has 9 heteroatoms. The highest BCUT2D eigenvalue weighted by molar-refractivity contribution is 8.26. The van der Waals surface area contributed by atoms with Crippen LogP contribution in [0.4, 0.5) is 4.79 Å². The van der Waals surface area contributed by atoms with Crippen LogP contribution in [0, 0.1) is 0 Å². The highest BCUT2D eigenvalue weighted by Gasteiger charge is 2.29. The Balaban J connectivity index is 1.42. The van der Waals surface area contributed by atoms with Crippen molar-refractivity contribution in [2.75, 3.05) is 13.7 Å². The predicted octanol–water partition coefficient (Wildman–Crippen LogP) is 4.61. The average molecular weight is 461 g/mol. The Morgan fingerprint density at radius 3 is 2.67 bits per heavy atom. The Morgan fingerprint density at radius 2 is 2.07 bits per heavy atom. The molecule has 0 aliphatic carbocycles. The Hall–Kier alpha value is -2.55. The van der Waals surface area contributed by atoms with Crippen LogP contribution in [0.2, 0.25) is 5.02 Å². The Kier molecular flexibility index (Phi) is 5.99. The zero-order valence-corrected chi connectivity index (χ0v) is 18.3. The van der Waals surface area contributed by atoms with Gasteiger partial charge in [0, 0.05) is 7.05 Å². The fraction of sp³-hybridized carbons (Fsp3) is 0.190. The molecule has 30 heavy (non-hydrogen) atoms. The molecule has 2 aliphatic heterocycles. The third-order valence-electron chi connectivity index (χ3n) is 4.75. The van der Waals surface area contributed by atoms with E-state index in [0.29, 0.717) is 38.8 Å². The van der Waals surface area contributed by atoms with Crippen molar-refractivity contribution in [2.24, 2.45) is 0 Å². The van der Waals surface area contributed by atoms with E-state index in [4.69, 9.17) is 33.3 Å². The highest BCUT2D eigenvalue weighted by Crippen LogP contribution is 2.32. The first-order valence-electron chi connectivity index (χ1n) is 9.10. The maximum absolute atomic E-state index is 11.8. The maximum Gasteiger partial charge on any atom is 0.409 e. The van der Waals surface area contributed by atoms with E-state index >= 15 is 0 Å². The first-order valence-corrected chi connectivity index (χ1v) is 10.7. The smallest absolute Gasteiger partial charge is 0.409 e. The number of likely N-dealkylation sites (N-methyl/N-ethyl adjacent to an activating group) is 1. The second-order valence-electron chi connectivity index (χ2n) is 6.83. The summed E-state index contributed by atoms with van der Waals surface area (Å²) < 4.78 is 11.4. The van der Waals surface area contributed by atoms with Crippen LogP contribution in [0.1, 0.15) is 11.1 Å². The number of carbonyl (C=O) groups excluding carboxylic acids is 2. The molecule has 4 rings (SSSR count). The minimum absolute atomic E-state index is 0.0369. The third-order valence-corrected chi connectivity index (χ3v) is 6.21. The number of halogens is 1. The molecule has 2 aromatic rings. The SMILES string of the molecule is CN1C(=O)OCC1Cc1ccc(Oc2ccc(C=C3SC(=S)NC3=O)cc2Cl)cc1. The molecular weight excluding hydrogens is 444 g/mol. The zero-order chi connectivity index (χ0) is 21.3. The molecule has 2 aliphatic rings. The van der Waals surface area contributed by atoms with Crippen molar-refractivity contribution in [1.82, 2.24) is 10.2 Å². The lowest BCUT2D eigenvalue weighted by molar-refractivity contribution is -0.115. The molecule has 1 atom stereocenters. The standard InChI is InChI=1S/C21H17ClN2O4S2/c1-24-14(11-27-21(24)26)8-12-2-5-15(6-3-12)28-17-7-4-13(9-16(17)22)10-18-19(25)23-20(29)30-18/h2-7,9-10,14H,8,11H2,1H3,(H,23,25,29). The van der Waals surface area contributed by atoms with Gasteiger partial charge >= 0.3 is 6.09 Å². The number of thiocarbonyl (C=S) groups is 1. The van der Waals surface area contributed by atoms with E-state index in [0.717, 1.165) is 11.1 Å². The molecule has 0 bridgehead atoms. The molecule has 2 fully saturated rings. The number of cyclic esters (lactones) is 1. The molecule has 2 heterocycles. The van der Waals surface area contributed by atoms with Gasteiger partial charge in [0.1, 0.15) is 22.4 Å². The molecule has 0 spiro atoms. The number of carbonyl (C=O) groups is 2. The number of benzene rings is 2. The number of thioether (sulfide) groups is 1. The summed E-state index contributed by atoms with van der Waals surface area (Å²) in [6, 6.07) is 13.0. The van der Waals surface area contributed by atoms with Gasteiger partial charge in [-0.1, -0.05) is 53.8 Å². The van der Waals surface area contributed by atoms with Gasteiger partial charge < -0.3 is 19.7 Å². The average Bonchev–Trinajstić information content (AvgIpc) is 3.20. The van der Waals surface area contributed by atoms with E-state index in [-0.39, 0.29) is 18.0 Å². The van der Waals surface area contributed by atoms with Crippen LogP contribution in [0.15, 0.2) is 47.4 Å². The number of ether oxygens (including phenoxy) is 2. The van der Waals surface area contributed by atoms with Crippen molar-refractivity contribution in [1.29, 1.82) is 0 Å². The molecule has 2 saturated heterocycles. The second kappa shape index (κ2) is 8.67. The Bertz CT molecular complexity index is 1060. The van der Waals surface area contributed by atoms with E-state index in [9.17, 15) is 9.59 Å². The largest absolute Gasteiger partial charge is 0.456 e. The summed E-state index contributed by atoms with van der Waals surface area (Å²) in [6.07, 6.45) is 2.16.